The molecule has 1 spiro atoms. The lowest BCUT2D eigenvalue weighted by Crippen LogP contribution is -2.49. The lowest BCUT2D eigenvalue weighted by atomic mass is 9.79. The van der Waals surface area contributed by atoms with E-state index in [0.717, 1.165) is 19.3 Å². The molecule has 1 saturated carbocycles. The maximum absolute atomic E-state index is 12.7. The van der Waals surface area contributed by atoms with Gasteiger partial charge in [0.05, 0.1) is 5.60 Å². The Morgan fingerprint density at radius 2 is 1.90 bits per heavy atom. The van der Waals surface area contributed by atoms with Crippen LogP contribution >= 0.6 is 0 Å². The van der Waals surface area contributed by atoms with Crippen molar-refractivity contribution in [3.63, 3.8) is 0 Å². The van der Waals surface area contributed by atoms with Crippen molar-refractivity contribution < 1.29 is 23.5 Å². The standard InChI is InChI=1S/C24H43NO5Si/c1-22(2,3)30-21(27)25-12-10-19-17(14-25)13-24(11-9-18(26)15-28-24)20(19)16-29-31(7,8)23(4,5)6/h17,19-20H,9-16H2,1-8H3/t17-,19+,20-,24?/m0/s1. The Balaban J connectivity index is 1.76. The second-order valence-corrected chi connectivity index (χ2v) is 17.2. The van der Waals surface area contributed by atoms with Gasteiger partial charge in [-0.2, -0.15) is 0 Å². The van der Waals surface area contributed by atoms with Gasteiger partial charge in [-0.25, -0.2) is 4.79 Å². The molecule has 3 fully saturated rings. The highest BCUT2D eigenvalue weighted by atomic mass is 28.4. The van der Waals surface area contributed by atoms with Crippen LogP contribution in [0.2, 0.25) is 18.1 Å². The van der Waals surface area contributed by atoms with Crippen molar-refractivity contribution in [3.05, 3.63) is 0 Å². The average Bonchev–Trinajstić information content (AvgIpc) is 2.92. The van der Waals surface area contributed by atoms with E-state index in [1.807, 2.05) is 25.7 Å². The van der Waals surface area contributed by atoms with Crippen molar-refractivity contribution in [1.29, 1.82) is 0 Å². The first-order valence-corrected chi connectivity index (χ1v) is 14.8. The second kappa shape index (κ2) is 8.45. The van der Waals surface area contributed by atoms with Gasteiger partial charge in [0.15, 0.2) is 14.1 Å². The third kappa shape index (κ3) is 5.36. The quantitative estimate of drug-likeness (QED) is 0.561. The van der Waals surface area contributed by atoms with E-state index in [-0.39, 0.29) is 35.0 Å². The number of piperidine rings is 1. The summed E-state index contributed by atoms with van der Waals surface area (Å²) in [6, 6.07) is 0. The Kier molecular flexibility index (Phi) is 6.74. The summed E-state index contributed by atoms with van der Waals surface area (Å²) in [6.45, 7) is 19.4. The van der Waals surface area contributed by atoms with Gasteiger partial charge >= 0.3 is 6.09 Å². The van der Waals surface area contributed by atoms with Crippen molar-refractivity contribution in [1.82, 2.24) is 4.90 Å². The summed E-state index contributed by atoms with van der Waals surface area (Å²) in [5.74, 6) is 1.29. The third-order valence-corrected chi connectivity index (χ3v) is 12.5. The Labute approximate surface area is 189 Å². The summed E-state index contributed by atoms with van der Waals surface area (Å²) >= 11 is 0. The van der Waals surface area contributed by atoms with Crippen LogP contribution in [-0.2, 0) is 18.7 Å². The van der Waals surface area contributed by atoms with Crippen molar-refractivity contribution in [2.75, 3.05) is 26.3 Å². The molecule has 0 aromatic rings. The molecule has 0 bridgehead atoms. The molecule has 3 aliphatic rings. The van der Waals surface area contributed by atoms with Gasteiger partial charge in [0.1, 0.15) is 12.2 Å². The zero-order valence-electron chi connectivity index (χ0n) is 20.9. The normalized spacial score (nSPS) is 32.3. The fourth-order valence-corrected chi connectivity index (χ4v) is 6.27. The summed E-state index contributed by atoms with van der Waals surface area (Å²) in [5.41, 5.74) is -0.785. The van der Waals surface area contributed by atoms with Crippen molar-refractivity contribution >= 4 is 20.2 Å². The number of carbonyl (C=O) groups excluding carboxylic acids is 2. The summed E-state index contributed by atoms with van der Waals surface area (Å²) in [5, 5.41) is 0.154. The van der Waals surface area contributed by atoms with E-state index in [1.165, 1.54) is 0 Å². The first-order valence-electron chi connectivity index (χ1n) is 11.9. The highest BCUT2D eigenvalue weighted by Gasteiger charge is 2.57. The molecule has 2 aliphatic heterocycles. The number of carbonyl (C=O) groups is 2. The number of amides is 1. The van der Waals surface area contributed by atoms with Gasteiger partial charge in [-0.1, -0.05) is 20.8 Å². The molecule has 1 unspecified atom stereocenters. The molecule has 178 valence electrons. The number of rotatable bonds is 3. The maximum Gasteiger partial charge on any atom is 0.410 e. The monoisotopic (exact) mass is 453 g/mol. The minimum Gasteiger partial charge on any atom is -0.444 e. The van der Waals surface area contributed by atoms with Gasteiger partial charge in [0, 0.05) is 32.0 Å². The van der Waals surface area contributed by atoms with Crippen LogP contribution in [0.1, 0.15) is 67.2 Å². The highest BCUT2D eigenvalue weighted by Crippen LogP contribution is 2.54. The van der Waals surface area contributed by atoms with Crippen LogP contribution in [0, 0.1) is 17.8 Å². The molecule has 2 heterocycles. The van der Waals surface area contributed by atoms with Crippen molar-refractivity contribution in [2.24, 2.45) is 17.8 Å². The lowest BCUT2D eigenvalue weighted by molar-refractivity contribution is -0.152. The number of ketones is 1. The first kappa shape index (κ1) is 24.7. The fraction of sp³-hybridized carbons (Fsp3) is 0.917. The highest BCUT2D eigenvalue weighted by molar-refractivity contribution is 6.74. The summed E-state index contributed by atoms with van der Waals surface area (Å²) in [7, 11) is -1.89. The minimum absolute atomic E-state index is 0.154. The molecular weight excluding hydrogens is 410 g/mol. The first-order chi connectivity index (χ1) is 14.1. The van der Waals surface area contributed by atoms with E-state index in [9.17, 15) is 9.59 Å². The maximum atomic E-state index is 12.7. The average molecular weight is 454 g/mol. The molecule has 31 heavy (non-hydrogen) atoms. The Morgan fingerprint density at radius 3 is 2.45 bits per heavy atom. The Hall–Kier alpha value is -0.923. The number of nitrogens with zero attached hydrogens (tertiary/aromatic N) is 1. The molecule has 7 heteroatoms. The zero-order chi connectivity index (χ0) is 23.2. The molecular formula is C24H43NO5Si. The molecule has 0 aromatic heterocycles. The molecule has 2 saturated heterocycles. The van der Waals surface area contributed by atoms with Crippen LogP contribution < -0.4 is 0 Å². The summed E-state index contributed by atoms with van der Waals surface area (Å²) < 4.78 is 18.6. The number of hydrogen-bond donors (Lipinski definition) is 0. The van der Waals surface area contributed by atoms with Gasteiger partial charge in [0.2, 0.25) is 0 Å². The number of Topliss-reactive ketones (excluding diaryl/α,β-unsaturated/α-hetero) is 1. The molecule has 0 aromatic carbocycles. The third-order valence-electron chi connectivity index (χ3n) is 8.02. The number of hydrogen-bond acceptors (Lipinski definition) is 5. The molecule has 4 atom stereocenters. The number of ether oxygens (including phenoxy) is 2. The molecule has 1 amide bonds. The van der Waals surface area contributed by atoms with Crippen LogP contribution in [0.15, 0.2) is 0 Å². The smallest absolute Gasteiger partial charge is 0.410 e. The second-order valence-electron chi connectivity index (χ2n) is 12.4. The lowest BCUT2D eigenvalue weighted by Gasteiger charge is -2.43. The molecule has 0 radical (unpaired) electrons. The van der Waals surface area contributed by atoms with Crippen molar-refractivity contribution in [2.45, 2.75) is 96.6 Å². The zero-order valence-corrected chi connectivity index (χ0v) is 21.9. The van der Waals surface area contributed by atoms with E-state index in [0.29, 0.717) is 38.0 Å². The molecule has 6 nitrogen and oxygen atoms in total. The Bertz CT molecular complexity index is 683. The SMILES string of the molecule is CC(C)(C)OC(=O)N1CC[C@@H]2[C@H](C1)CC1(CCC(=O)CO1)[C@H]2CO[Si](C)(C)C(C)(C)C. The minimum atomic E-state index is -1.89. The van der Waals surface area contributed by atoms with E-state index in [4.69, 9.17) is 13.9 Å². The number of likely N-dealkylation sites (tertiary alicyclic amines) is 1. The topological polar surface area (TPSA) is 65.1 Å². The molecule has 1 aliphatic carbocycles. The molecule has 3 rings (SSSR count). The predicted octanol–water partition coefficient (Wildman–Crippen LogP) is 5.02. The van der Waals surface area contributed by atoms with Crippen LogP contribution in [0.25, 0.3) is 0 Å². The summed E-state index contributed by atoms with van der Waals surface area (Å²) in [4.78, 5) is 26.5. The Morgan fingerprint density at radius 1 is 1.23 bits per heavy atom. The molecule has 0 N–H and O–H groups in total. The van der Waals surface area contributed by atoms with Crippen LogP contribution in [-0.4, -0.2) is 62.6 Å². The van der Waals surface area contributed by atoms with Gasteiger partial charge in [0.25, 0.3) is 0 Å². The van der Waals surface area contributed by atoms with Crippen molar-refractivity contribution in [3.8, 4) is 0 Å². The van der Waals surface area contributed by atoms with Gasteiger partial charge < -0.3 is 18.8 Å². The van der Waals surface area contributed by atoms with Crippen LogP contribution in [0.5, 0.6) is 0 Å². The fourth-order valence-electron chi connectivity index (χ4n) is 5.24. The van der Waals surface area contributed by atoms with Crippen LogP contribution in [0.4, 0.5) is 4.79 Å². The van der Waals surface area contributed by atoms with Gasteiger partial charge in [-0.3, -0.25) is 4.79 Å². The largest absolute Gasteiger partial charge is 0.444 e. The van der Waals surface area contributed by atoms with E-state index in [2.05, 4.69) is 33.9 Å². The summed E-state index contributed by atoms with van der Waals surface area (Å²) in [6.07, 6.45) is 2.98. The van der Waals surface area contributed by atoms with E-state index in [1.54, 1.807) is 0 Å². The van der Waals surface area contributed by atoms with E-state index >= 15 is 0 Å². The number of fused-ring (bicyclic) bond motifs is 1. The van der Waals surface area contributed by atoms with Gasteiger partial charge in [-0.15, -0.1) is 0 Å². The predicted molar refractivity (Wildman–Crippen MR) is 124 cm³/mol. The van der Waals surface area contributed by atoms with Gasteiger partial charge in [-0.05, 0) is 70.0 Å². The van der Waals surface area contributed by atoms with Crippen LogP contribution in [0.3, 0.4) is 0 Å². The van der Waals surface area contributed by atoms with E-state index < -0.39 is 13.9 Å².